The fourth-order valence-electron chi connectivity index (χ4n) is 3.51. The van der Waals surface area contributed by atoms with Gasteiger partial charge < -0.3 is 14.2 Å². The van der Waals surface area contributed by atoms with Gasteiger partial charge in [0.2, 0.25) is 5.82 Å². The average Bonchev–Trinajstić information content (AvgIpc) is 2.81. The van der Waals surface area contributed by atoms with Crippen LogP contribution in [-0.4, -0.2) is 13.2 Å². The van der Waals surface area contributed by atoms with Gasteiger partial charge in [-0.3, -0.25) is 0 Å². The lowest BCUT2D eigenvalue weighted by atomic mass is 9.98. The highest BCUT2D eigenvalue weighted by Crippen LogP contribution is 2.33. The molecule has 32 heavy (non-hydrogen) atoms. The van der Waals surface area contributed by atoms with E-state index in [0.717, 1.165) is 5.56 Å². The van der Waals surface area contributed by atoms with Crippen LogP contribution in [0.4, 0.5) is 13.2 Å². The molecule has 3 nitrogen and oxygen atoms in total. The molecule has 3 aromatic carbocycles. The van der Waals surface area contributed by atoms with Crippen LogP contribution in [0.5, 0.6) is 5.75 Å². The topological polar surface area (TPSA) is 27.7 Å². The molecule has 0 aliphatic carbocycles. The van der Waals surface area contributed by atoms with Gasteiger partial charge in [0, 0.05) is 17.0 Å². The van der Waals surface area contributed by atoms with Crippen LogP contribution in [0.1, 0.15) is 25.7 Å². The van der Waals surface area contributed by atoms with Crippen LogP contribution in [0.3, 0.4) is 0 Å². The smallest absolute Gasteiger partial charge is 0.201 e. The van der Waals surface area contributed by atoms with Crippen molar-refractivity contribution in [1.82, 2.24) is 0 Å². The van der Waals surface area contributed by atoms with E-state index in [9.17, 15) is 13.2 Å². The number of hydrogen-bond acceptors (Lipinski definition) is 3. The summed E-state index contributed by atoms with van der Waals surface area (Å²) in [5.74, 6) is -2.36. The number of ether oxygens (including phenoxy) is 3. The number of rotatable bonds is 5. The second-order valence-corrected chi connectivity index (χ2v) is 7.74. The quantitative estimate of drug-likeness (QED) is 0.399. The van der Waals surface area contributed by atoms with Crippen LogP contribution < -0.4 is 4.74 Å². The van der Waals surface area contributed by atoms with Crippen LogP contribution >= 0.6 is 0 Å². The SMILES string of the molecule is C/C=C\Oc1ccc(-c2ccc(-c3ccc(C4OCC(C)CO4)c(F)c3)cc2)c(F)c1F. The largest absolute Gasteiger partial charge is 0.462 e. The second kappa shape index (κ2) is 9.59. The summed E-state index contributed by atoms with van der Waals surface area (Å²) >= 11 is 0. The number of allylic oxidation sites excluding steroid dienone is 1. The molecule has 3 aromatic rings. The van der Waals surface area contributed by atoms with Crippen molar-refractivity contribution in [1.29, 1.82) is 0 Å². The van der Waals surface area contributed by atoms with Crippen molar-refractivity contribution in [2.75, 3.05) is 13.2 Å². The van der Waals surface area contributed by atoms with Crippen LogP contribution in [0.25, 0.3) is 22.3 Å². The lowest BCUT2D eigenvalue weighted by molar-refractivity contribution is -0.203. The second-order valence-electron chi connectivity index (χ2n) is 7.74. The van der Waals surface area contributed by atoms with Gasteiger partial charge in [-0.05, 0) is 41.8 Å². The fourth-order valence-corrected chi connectivity index (χ4v) is 3.51. The van der Waals surface area contributed by atoms with Gasteiger partial charge in [0.05, 0.1) is 19.5 Å². The molecule has 1 fully saturated rings. The summed E-state index contributed by atoms with van der Waals surface area (Å²) in [6.07, 6.45) is 2.15. The maximum Gasteiger partial charge on any atom is 0.201 e. The van der Waals surface area contributed by atoms with Crippen molar-refractivity contribution >= 4 is 0 Å². The van der Waals surface area contributed by atoms with Gasteiger partial charge in [0.15, 0.2) is 17.9 Å². The Morgan fingerprint density at radius 3 is 2.16 bits per heavy atom. The molecule has 0 radical (unpaired) electrons. The van der Waals surface area contributed by atoms with Gasteiger partial charge in [0.25, 0.3) is 0 Å². The van der Waals surface area contributed by atoms with E-state index in [1.807, 2.05) is 6.92 Å². The van der Waals surface area contributed by atoms with Gasteiger partial charge in [-0.25, -0.2) is 8.78 Å². The summed E-state index contributed by atoms with van der Waals surface area (Å²) < 4.78 is 59.7. The first-order valence-corrected chi connectivity index (χ1v) is 10.4. The summed E-state index contributed by atoms with van der Waals surface area (Å²) in [7, 11) is 0. The molecular weight excluding hydrogens is 417 g/mol. The first-order valence-electron chi connectivity index (χ1n) is 10.4. The molecule has 166 valence electrons. The molecule has 1 saturated heterocycles. The Kier molecular flexibility index (Phi) is 6.63. The first kappa shape index (κ1) is 22.1. The Labute approximate surface area is 185 Å². The lowest BCUT2D eigenvalue weighted by Gasteiger charge is -2.27. The summed E-state index contributed by atoms with van der Waals surface area (Å²) in [4.78, 5) is 0. The molecule has 1 aliphatic heterocycles. The van der Waals surface area contributed by atoms with Crippen LogP contribution in [-0.2, 0) is 9.47 Å². The van der Waals surface area contributed by atoms with Crippen LogP contribution in [0, 0.1) is 23.4 Å². The van der Waals surface area contributed by atoms with E-state index in [-0.39, 0.29) is 17.2 Å². The highest BCUT2D eigenvalue weighted by atomic mass is 19.2. The molecule has 0 spiro atoms. The minimum Gasteiger partial charge on any atom is -0.462 e. The fraction of sp³-hybridized carbons (Fsp3) is 0.231. The Hall–Kier alpha value is -3.09. The summed E-state index contributed by atoms with van der Waals surface area (Å²) in [6, 6.07) is 14.5. The van der Waals surface area contributed by atoms with E-state index in [1.54, 1.807) is 49.4 Å². The van der Waals surface area contributed by atoms with Crippen molar-refractivity contribution in [3.63, 3.8) is 0 Å². The molecule has 0 amide bonds. The average molecular weight is 440 g/mol. The third-order valence-electron chi connectivity index (χ3n) is 5.23. The maximum absolute atomic E-state index is 14.7. The first-order chi connectivity index (χ1) is 15.5. The molecule has 0 unspecified atom stereocenters. The van der Waals surface area contributed by atoms with E-state index >= 15 is 0 Å². The minimum atomic E-state index is -1.05. The molecule has 0 N–H and O–H groups in total. The normalized spacial score (nSPS) is 18.8. The Morgan fingerprint density at radius 2 is 1.50 bits per heavy atom. The third-order valence-corrected chi connectivity index (χ3v) is 5.23. The maximum atomic E-state index is 14.7. The van der Waals surface area contributed by atoms with Crippen molar-refractivity contribution in [3.8, 4) is 28.0 Å². The molecule has 4 rings (SSSR count). The van der Waals surface area contributed by atoms with Gasteiger partial charge >= 0.3 is 0 Å². The van der Waals surface area contributed by atoms with E-state index in [0.29, 0.717) is 29.9 Å². The molecule has 0 atom stereocenters. The zero-order valence-electron chi connectivity index (χ0n) is 17.8. The third kappa shape index (κ3) is 4.56. The van der Waals surface area contributed by atoms with Crippen LogP contribution in [0.2, 0.25) is 0 Å². The van der Waals surface area contributed by atoms with Crippen molar-refractivity contribution in [2.24, 2.45) is 5.92 Å². The summed E-state index contributed by atoms with van der Waals surface area (Å²) in [5, 5.41) is 0. The van der Waals surface area contributed by atoms with E-state index in [2.05, 4.69) is 0 Å². The molecule has 1 heterocycles. The molecule has 1 aliphatic rings. The monoisotopic (exact) mass is 440 g/mol. The van der Waals surface area contributed by atoms with Crippen molar-refractivity contribution in [3.05, 3.63) is 90.0 Å². The van der Waals surface area contributed by atoms with Crippen molar-refractivity contribution in [2.45, 2.75) is 20.1 Å². The highest BCUT2D eigenvalue weighted by Gasteiger charge is 2.24. The molecule has 0 bridgehead atoms. The summed E-state index contributed by atoms with van der Waals surface area (Å²) in [6.45, 7) is 4.76. The predicted molar refractivity (Wildman–Crippen MR) is 116 cm³/mol. The van der Waals surface area contributed by atoms with E-state index in [1.165, 1.54) is 24.5 Å². The molecule has 0 saturated carbocycles. The Morgan fingerprint density at radius 1 is 0.844 bits per heavy atom. The highest BCUT2D eigenvalue weighted by molar-refractivity contribution is 5.71. The van der Waals surface area contributed by atoms with Gasteiger partial charge in [-0.15, -0.1) is 0 Å². The van der Waals surface area contributed by atoms with Gasteiger partial charge in [-0.1, -0.05) is 49.4 Å². The minimum absolute atomic E-state index is 0.115. The number of hydrogen-bond donors (Lipinski definition) is 0. The van der Waals surface area contributed by atoms with E-state index < -0.39 is 23.7 Å². The Balaban J connectivity index is 1.55. The Bertz CT molecular complexity index is 1120. The van der Waals surface area contributed by atoms with E-state index in [4.69, 9.17) is 14.2 Å². The zero-order valence-corrected chi connectivity index (χ0v) is 17.8. The van der Waals surface area contributed by atoms with Crippen LogP contribution in [0.15, 0.2) is 66.9 Å². The predicted octanol–water partition coefficient (Wildman–Crippen LogP) is 7.03. The zero-order chi connectivity index (χ0) is 22.7. The summed E-state index contributed by atoms with van der Waals surface area (Å²) in [5.41, 5.74) is 2.37. The van der Waals surface area contributed by atoms with Gasteiger partial charge in [-0.2, -0.15) is 4.39 Å². The molecule has 0 aromatic heterocycles. The van der Waals surface area contributed by atoms with Gasteiger partial charge in [0.1, 0.15) is 5.82 Å². The lowest BCUT2D eigenvalue weighted by Crippen LogP contribution is -2.25. The number of benzene rings is 3. The standard InChI is InChI=1S/C26H23F3O3/c1-3-12-30-23-11-10-20(24(28)25(23)29)18-6-4-17(5-7-18)19-8-9-21(22(27)13-19)26-31-14-16(2)15-32-26/h3-13,16,26H,14-15H2,1-2H3/b12-3-. The van der Waals surface area contributed by atoms with Crippen molar-refractivity contribution < 1.29 is 27.4 Å². The molecular formula is C26H23F3O3. The number of halogens is 3. The molecule has 6 heteroatoms.